The molecular formula is C11H16IOP. The lowest BCUT2D eigenvalue weighted by molar-refractivity contribution is -0.0350. The SMILES string of the molecule is CC12CC3CC14CC(CC4(C)P2I)O3. The first-order chi connectivity index (χ1) is 6.52. The summed E-state index contributed by atoms with van der Waals surface area (Å²) in [4.78, 5) is 0. The number of hydrogen-bond donors (Lipinski definition) is 0. The summed E-state index contributed by atoms with van der Waals surface area (Å²) in [5.41, 5.74) is 0.931. The van der Waals surface area contributed by atoms with Crippen LogP contribution in [0.3, 0.4) is 0 Å². The Morgan fingerprint density at radius 1 is 1.07 bits per heavy atom. The summed E-state index contributed by atoms with van der Waals surface area (Å²) in [6.07, 6.45) is 6.77. The molecule has 4 unspecified atom stereocenters. The van der Waals surface area contributed by atoms with Crippen LogP contribution >= 0.6 is 27.6 Å². The van der Waals surface area contributed by atoms with Gasteiger partial charge in [-0.1, -0.05) is 35.9 Å². The molecule has 2 saturated carbocycles. The van der Waals surface area contributed by atoms with Gasteiger partial charge in [0.15, 0.2) is 0 Å². The summed E-state index contributed by atoms with van der Waals surface area (Å²) in [6, 6.07) is 0. The van der Waals surface area contributed by atoms with Crippen LogP contribution in [0, 0.1) is 5.41 Å². The third kappa shape index (κ3) is 0.634. The van der Waals surface area contributed by atoms with Crippen molar-refractivity contribution in [1.29, 1.82) is 0 Å². The van der Waals surface area contributed by atoms with Gasteiger partial charge in [-0.25, -0.2) is 0 Å². The van der Waals surface area contributed by atoms with E-state index < -0.39 is 0 Å². The van der Waals surface area contributed by atoms with Crippen LogP contribution in [0.25, 0.3) is 0 Å². The number of rotatable bonds is 0. The summed E-state index contributed by atoms with van der Waals surface area (Å²) in [5, 5.41) is 1.35. The van der Waals surface area contributed by atoms with E-state index in [0.29, 0.717) is 27.9 Å². The molecule has 3 bridgehead atoms. The first-order valence-electron chi connectivity index (χ1n) is 5.63. The number of fused-ring (bicyclic) bond motifs is 2. The number of hydrogen-bond acceptors (Lipinski definition) is 1. The van der Waals surface area contributed by atoms with Gasteiger partial charge in [0.05, 0.1) is 12.2 Å². The van der Waals surface area contributed by atoms with Gasteiger partial charge in [-0.15, -0.1) is 0 Å². The van der Waals surface area contributed by atoms with Crippen molar-refractivity contribution in [3.05, 3.63) is 0 Å². The highest BCUT2D eigenvalue weighted by Crippen LogP contribution is 2.95. The molecule has 0 N–H and O–H groups in total. The molecule has 0 aromatic rings. The first kappa shape index (κ1) is 9.18. The summed E-state index contributed by atoms with van der Waals surface area (Å²) in [6.45, 7) is 5.12. The van der Waals surface area contributed by atoms with Crippen molar-refractivity contribution in [2.75, 3.05) is 0 Å². The summed E-state index contributed by atoms with van der Waals surface area (Å²) < 4.78 is 6.15. The Hall–Kier alpha value is 1.12. The van der Waals surface area contributed by atoms with Gasteiger partial charge in [-0.2, -0.15) is 0 Å². The summed E-state index contributed by atoms with van der Waals surface area (Å²) >= 11 is 2.80. The minimum absolute atomic E-state index is 0.222. The van der Waals surface area contributed by atoms with Gasteiger partial charge < -0.3 is 4.74 Å². The van der Waals surface area contributed by atoms with Crippen LogP contribution in [0.2, 0.25) is 0 Å². The lowest BCUT2D eigenvalue weighted by Crippen LogP contribution is -2.61. The van der Waals surface area contributed by atoms with E-state index in [9.17, 15) is 0 Å². The molecule has 78 valence electrons. The highest BCUT2D eigenvalue weighted by molar-refractivity contribution is 14.2. The molecule has 4 fully saturated rings. The monoisotopic (exact) mass is 322 g/mol. The maximum atomic E-state index is 6.15. The van der Waals surface area contributed by atoms with Crippen molar-refractivity contribution >= 4 is 27.6 Å². The van der Waals surface area contributed by atoms with E-state index in [-0.39, 0.29) is 5.56 Å². The Bertz CT molecular complexity index is 303. The molecule has 0 aromatic carbocycles. The fraction of sp³-hybridized carbons (Fsp3) is 1.00. The van der Waals surface area contributed by atoms with E-state index in [0.717, 1.165) is 0 Å². The Morgan fingerprint density at radius 3 is 2.07 bits per heavy atom. The summed E-state index contributed by atoms with van der Waals surface area (Å²) in [5.74, 6) is 0. The zero-order chi connectivity index (χ0) is 9.77. The average molecular weight is 322 g/mol. The predicted octanol–water partition coefficient (Wildman–Crippen LogP) is 3.69. The maximum Gasteiger partial charge on any atom is 0.0594 e. The van der Waals surface area contributed by atoms with E-state index in [1.165, 1.54) is 25.7 Å². The molecule has 2 saturated heterocycles. The second kappa shape index (κ2) is 2.22. The van der Waals surface area contributed by atoms with E-state index in [2.05, 4.69) is 35.9 Å². The predicted molar refractivity (Wildman–Crippen MR) is 67.3 cm³/mol. The highest BCUT2D eigenvalue weighted by Gasteiger charge is 2.82. The van der Waals surface area contributed by atoms with Crippen LogP contribution in [0.4, 0.5) is 0 Å². The smallest absolute Gasteiger partial charge is 0.0594 e. The second-order valence-electron chi connectivity index (χ2n) is 6.11. The van der Waals surface area contributed by atoms with Gasteiger partial charge in [-0.05, 0) is 36.7 Å². The van der Waals surface area contributed by atoms with Crippen LogP contribution in [0.5, 0.6) is 0 Å². The van der Waals surface area contributed by atoms with E-state index in [1.54, 1.807) is 0 Å². The average Bonchev–Trinajstić information content (AvgIpc) is 2.44. The van der Waals surface area contributed by atoms with Gasteiger partial charge >= 0.3 is 0 Å². The molecule has 2 heterocycles. The minimum Gasteiger partial charge on any atom is -0.375 e. The summed E-state index contributed by atoms with van der Waals surface area (Å²) in [7, 11) is 0. The molecular weight excluding hydrogens is 306 g/mol. The Morgan fingerprint density at radius 2 is 1.57 bits per heavy atom. The molecule has 0 amide bonds. The maximum absolute atomic E-state index is 6.15. The lowest BCUT2D eigenvalue weighted by atomic mass is 9.68. The molecule has 4 aliphatic rings. The molecule has 1 spiro atoms. The normalized spacial score (nSPS) is 73.5. The van der Waals surface area contributed by atoms with Gasteiger partial charge in [0, 0.05) is 10.3 Å². The molecule has 3 heteroatoms. The quantitative estimate of drug-likeness (QED) is 0.488. The van der Waals surface area contributed by atoms with Crippen molar-refractivity contribution < 1.29 is 4.74 Å². The van der Waals surface area contributed by atoms with Gasteiger partial charge in [-0.3, -0.25) is 0 Å². The molecule has 0 aromatic heterocycles. The van der Waals surface area contributed by atoms with Crippen molar-refractivity contribution in [2.45, 2.75) is 62.1 Å². The highest BCUT2D eigenvalue weighted by atomic mass is 127. The van der Waals surface area contributed by atoms with Crippen molar-refractivity contribution in [2.24, 2.45) is 5.41 Å². The van der Waals surface area contributed by atoms with Crippen molar-refractivity contribution in [3.63, 3.8) is 0 Å². The van der Waals surface area contributed by atoms with Crippen LogP contribution in [-0.2, 0) is 4.74 Å². The largest absolute Gasteiger partial charge is 0.375 e. The van der Waals surface area contributed by atoms with Crippen LogP contribution < -0.4 is 0 Å². The molecule has 14 heavy (non-hydrogen) atoms. The van der Waals surface area contributed by atoms with Crippen molar-refractivity contribution in [1.82, 2.24) is 0 Å². The van der Waals surface area contributed by atoms with E-state index in [1.807, 2.05) is 0 Å². The number of ether oxygens (including phenoxy) is 1. The van der Waals surface area contributed by atoms with E-state index in [4.69, 9.17) is 4.74 Å². The standard InChI is InChI=1S/C11H16IOP/c1-9-3-7-5-11(9)6-8(13-7)4-10(11,2)14(9)12/h7-8H,3-6H2,1-2H3. The van der Waals surface area contributed by atoms with Crippen LogP contribution in [0.15, 0.2) is 0 Å². The topological polar surface area (TPSA) is 9.23 Å². The van der Waals surface area contributed by atoms with Crippen LogP contribution in [-0.4, -0.2) is 22.5 Å². The zero-order valence-electron chi connectivity index (χ0n) is 8.72. The fourth-order valence-electron chi connectivity index (χ4n) is 5.23. The Balaban J connectivity index is 1.95. The number of halogens is 1. The molecule has 1 nitrogen and oxygen atoms in total. The van der Waals surface area contributed by atoms with Gasteiger partial charge in [0.2, 0.25) is 0 Å². The molecule has 4 atom stereocenters. The first-order valence-corrected chi connectivity index (χ1v) is 9.76. The molecule has 4 rings (SSSR count). The molecule has 2 aliphatic carbocycles. The van der Waals surface area contributed by atoms with E-state index >= 15 is 0 Å². The molecule has 0 radical (unpaired) electrons. The van der Waals surface area contributed by atoms with Crippen molar-refractivity contribution in [3.8, 4) is 0 Å². The van der Waals surface area contributed by atoms with Gasteiger partial charge in [0.25, 0.3) is 0 Å². The van der Waals surface area contributed by atoms with Gasteiger partial charge in [0.1, 0.15) is 0 Å². The lowest BCUT2D eigenvalue weighted by Gasteiger charge is -2.67. The fourth-order valence-corrected chi connectivity index (χ4v) is 12.4. The second-order valence-corrected chi connectivity index (χ2v) is 11.5. The Kier molecular flexibility index (Phi) is 1.45. The molecule has 2 aliphatic heterocycles. The third-order valence-corrected chi connectivity index (χ3v) is 15.1. The third-order valence-electron chi connectivity index (χ3n) is 5.72. The minimum atomic E-state index is 0.222. The van der Waals surface area contributed by atoms with Crippen LogP contribution in [0.1, 0.15) is 39.5 Å². The Labute approximate surface area is 99.6 Å². The zero-order valence-corrected chi connectivity index (χ0v) is 11.8.